The topological polar surface area (TPSA) is 64.7 Å². The molecule has 2 aromatic heterocycles. The van der Waals surface area contributed by atoms with Crippen LogP contribution in [0.25, 0.3) is 11.5 Å². The number of pyridine rings is 1. The molecule has 0 unspecified atom stereocenters. The Morgan fingerprint density at radius 1 is 1.28 bits per heavy atom. The maximum atomic E-state index is 5.80. The van der Waals surface area contributed by atoms with Crippen LogP contribution in [-0.4, -0.2) is 15.0 Å². The Kier molecular flexibility index (Phi) is 3.77. The number of anilines is 1. The van der Waals surface area contributed by atoms with E-state index >= 15 is 0 Å². The first-order valence-corrected chi connectivity index (χ1v) is 6.18. The van der Waals surface area contributed by atoms with E-state index in [9.17, 15) is 0 Å². The van der Waals surface area contributed by atoms with Gasteiger partial charge in [0, 0.05) is 18.0 Å². The summed E-state index contributed by atoms with van der Waals surface area (Å²) in [5, 5.41) is 0.588. The minimum atomic E-state index is 0.465. The zero-order valence-corrected chi connectivity index (χ0v) is 11.1. The van der Waals surface area contributed by atoms with Crippen LogP contribution >= 0.6 is 11.6 Å². The van der Waals surface area contributed by atoms with Crippen molar-refractivity contribution in [2.24, 2.45) is 5.92 Å². The Hall–Kier alpha value is -1.68. The quantitative estimate of drug-likeness (QED) is 0.924. The third-order valence-corrected chi connectivity index (χ3v) is 2.60. The Bertz CT molecular complexity index is 537. The van der Waals surface area contributed by atoms with Gasteiger partial charge in [-0.25, -0.2) is 9.97 Å². The minimum Gasteiger partial charge on any atom is -0.384 e. The van der Waals surface area contributed by atoms with Crippen LogP contribution in [0.2, 0.25) is 5.02 Å². The highest BCUT2D eigenvalue weighted by Gasteiger charge is 2.08. The molecule has 0 saturated heterocycles. The molecule has 94 valence electrons. The number of hydrogen-bond donors (Lipinski definition) is 1. The number of nitrogens with two attached hydrogens (primary N) is 1. The highest BCUT2D eigenvalue weighted by molar-refractivity contribution is 6.30. The minimum absolute atomic E-state index is 0.465. The summed E-state index contributed by atoms with van der Waals surface area (Å²) in [6, 6.07) is 5.36. The highest BCUT2D eigenvalue weighted by Crippen LogP contribution is 2.17. The smallest absolute Gasteiger partial charge is 0.180 e. The maximum absolute atomic E-state index is 5.80. The molecule has 0 fully saturated rings. The predicted molar refractivity (Wildman–Crippen MR) is 73.2 cm³/mol. The summed E-state index contributed by atoms with van der Waals surface area (Å²) >= 11 is 5.80. The van der Waals surface area contributed by atoms with E-state index in [1.165, 1.54) is 0 Å². The van der Waals surface area contributed by atoms with Crippen LogP contribution in [0.3, 0.4) is 0 Å². The van der Waals surface area contributed by atoms with Crippen molar-refractivity contribution in [3.63, 3.8) is 0 Å². The zero-order valence-electron chi connectivity index (χ0n) is 10.4. The van der Waals surface area contributed by atoms with Crippen molar-refractivity contribution in [2.75, 3.05) is 5.73 Å². The van der Waals surface area contributed by atoms with E-state index < -0.39 is 0 Å². The maximum Gasteiger partial charge on any atom is 0.180 e. The van der Waals surface area contributed by atoms with Gasteiger partial charge in [0.25, 0.3) is 0 Å². The molecule has 0 aliphatic rings. The Labute approximate surface area is 111 Å². The molecule has 2 heterocycles. The van der Waals surface area contributed by atoms with Gasteiger partial charge >= 0.3 is 0 Å². The van der Waals surface area contributed by atoms with Crippen molar-refractivity contribution in [3.8, 4) is 11.5 Å². The molecule has 4 nitrogen and oxygen atoms in total. The molecule has 0 aliphatic carbocycles. The van der Waals surface area contributed by atoms with Gasteiger partial charge in [-0.3, -0.25) is 4.98 Å². The average molecular weight is 263 g/mol. The molecule has 0 bridgehead atoms. The summed E-state index contributed by atoms with van der Waals surface area (Å²) < 4.78 is 0. The van der Waals surface area contributed by atoms with Gasteiger partial charge in [0.05, 0.1) is 5.02 Å². The Morgan fingerprint density at radius 3 is 2.67 bits per heavy atom. The van der Waals surface area contributed by atoms with Crippen molar-refractivity contribution < 1.29 is 0 Å². The summed E-state index contributed by atoms with van der Waals surface area (Å²) in [6.07, 6.45) is 2.44. The lowest BCUT2D eigenvalue weighted by atomic mass is 10.1. The molecule has 0 spiro atoms. The predicted octanol–water partition coefficient (Wildman–Crippen LogP) is 2.97. The monoisotopic (exact) mass is 262 g/mol. The molecular weight excluding hydrogens is 248 g/mol. The molecule has 0 radical (unpaired) electrons. The molecule has 0 amide bonds. The molecule has 2 rings (SSSR count). The van der Waals surface area contributed by atoms with Gasteiger partial charge in [-0.05, 0) is 24.5 Å². The SMILES string of the molecule is CC(C)Cc1cc(N)nc(-c2ccc(Cl)cn2)n1. The van der Waals surface area contributed by atoms with E-state index in [0.717, 1.165) is 12.1 Å². The van der Waals surface area contributed by atoms with Gasteiger partial charge in [-0.15, -0.1) is 0 Å². The van der Waals surface area contributed by atoms with Gasteiger partial charge in [0.1, 0.15) is 11.5 Å². The molecule has 2 N–H and O–H groups in total. The van der Waals surface area contributed by atoms with Gasteiger partial charge in [-0.2, -0.15) is 0 Å². The fraction of sp³-hybridized carbons (Fsp3) is 0.308. The van der Waals surface area contributed by atoms with Crippen molar-refractivity contribution in [1.29, 1.82) is 0 Å². The van der Waals surface area contributed by atoms with E-state index in [2.05, 4.69) is 28.8 Å². The molecular formula is C13H15ClN4. The first-order valence-electron chi connectivity index (χ1n) is 5.80. The number of nitrogens with zero attached hydrogens (tertiary/aromatic N) is 3. The second-order valence-electron chi connectivity index (χ2n) is 4.57. The second kappa shape index (κ2) is 5.31. The van der Waals surface area contributed by atoms with Gasteiger partial charge in [0.15, 0.2) is 5.82 Å². The van der Waals surface area contributed by atoms with Crippen molar-refractivity contribution >= 4 is 17.4 Å². The molecule has 0 aromatic carbocycles. The fourth-order valence-electron chi connectivity index (χ4n) is 1.66. The molecule has 18 heavy (non-hydrogen) atoms. The van der Waals surface area contributed by atoms with Gasteiger partial charge in [-0.1, -0.05) is 25.4 Å². The van der Waals surface area contributed by atoms with Gasteiger partial charge in [0.2, 0.25) is 0 Å². The van der Waals surface area contributed by atoms with Crippen LogP contribution in [0.5, 0.6) is 0 Å². The van der Waals surface area contributed by atoms with Crippen LogP contribution in [0, 0.1) is 5.92 Å². The lowest BCUT2D eigenvalue weighted by Gasteiger charge is -2.07. The molecule has 0 aliphatic heterocycles. The first-order chi connectivity index (χ1) is 8.54. The fourth-order valence-corrected chi connectivity index (χ4v) is 1.78. The summed E-state index contributed by atoms with van der Waals surface area (Å²) in [7, 11) is 0. The van der Waals surface area contributed by atoms with Crippen LogP contribution in [0.1, 0.15) is 19.5 Å². The second-order valence-corrected chi connectivity index (χ2v) is 5.00. The number of hydrogen-bond acceptors (Lipinski definition) is 4. The normalized spacial score (nSPS) is 10.9. The summed E-state index contributed by atoms with van der Waals surface area (Å²) in [6.45, 7) is 4.27. The third-order valence-electron chi connectivity index (χ3n) is 2.37. The third kappa shape index (κ3) is 3.17. The molecule has 2 aromatic rings. The van der Waals surface area contributed by atoms with E-state index in [-0.39, 0.29) is 0 Å². The van der Waals surface area contributed by atoms with E-state index in [0.29, 0.717) is 28.3 Å². The lowest BCUT2D eigenvalue weighted by Crippen LogP contribution is -2.04. The highest BCUT2D eigenvalue weighted by atomic mass is 35.5. The van der Waals surface area contributed by atoms with E-state index in [4.69, 9.17) is 17.3 Å². The Balaban J connectivity index is 2.38. The van der Waals surface area contributed by atoms with Crippen molar-refractivity contribution in [3.05, 3.63) is 35.1 Å². The largest absolute Gasteiger partial charge is 0.384 e. The summed E-state index contributed by atoms with van der Waals surface area (Å²) in [4.78, 5) is 12.9. The standard InChI is InChI=1S/C13H15ClN4/c1-8(2)5-10-6-12(15)18-13(17-10)11-4-3-9(14)7-16-11/h3-4,6-8H,5H2,1-2H3,(H2,15,17,18). The van der Waals surface area contributed by atoms with Crippen molar-refractivity contribution in [2.45, 2.75) is 20.3 Å². The van der Waals surface area contributed by atoms with Crippen LogP contribution in [-0.2, 0) is 6.42 Å². The first kappa shape index (κ1) is 12.8. The average Bonchev–Trinajstić information content (AvgIpc) is 2.28. The molecule has 0 saturated carbocycles. The van der Waals surface area contributed by atoms with E-state index in [1.807, 2.05) is 0 Å². The summed E-state index contributed by atoms with van der Waals surface area (Å²) in [5.74, 6) is 1.53. The number of nitrogen functional groups attached to an aromatic ring is 1. The van der Waals surface area contributed by atoms with Crippen LogP contribution in [0.15, 0.2) is 24.4 Å². The lowest BCUT2D eigenvalue weighted by molar-refractivity contribution is 0.635. The van der Waals surface area contributed by atoms with Crippen LogP contribution in [0.4, 0.5) is 5.82 Å². The van der Waals surface area contributed by atoms with Gasteiger partial charge < -0.3 is 5.73 Å². The number of aromatic nitrogens is 3. The number of rotatable bonds is 3. The van der Waals surface area contributed by atoms with Crippen molar-refractivity contribution in [1.82, 2.24) is 15.0 Å². The zero-order chi connectivity index (χ0) is 13.1. The van der Waals surface area contributed by atoms with Crippen LogP contribution < -0.4 is 5.73 Å². The molecule has 0 atom stereocenters. The summed E-state index contributed by atoms with van der Waals surface area (Å²) in [5.41, 5.74) is 7.41. The molecule has 5 heteroatoms. The Morgan fingerprint density at radius 2 is 2.06 bits per heavy atom. The van der Waals surface area contributed by atoms with E-state index in [1.54, 1.807) is 24.4 Å². The number of halogens is 1.